The molecule has 3 aromatic heterocycles. The highest BCUT2D eigenvalue weighted by Gasteiger charge is 2.35. The molecule has 4 aromatic rings. The van der Waals surface area contributed by atoms with E-state index in [-0.39, 0.29) is 11.9 Å². The SMILES string of the molecule is Cc1cccc([C@H](c2sc3nc(-c4ccco4)nn3c2O)[NH+]2CCC(C)CC2)c1. The van der Waals surface area contributed by atoms with E-state index < -0.39 is 0 Å². The normalized spacial score (nSPS) is 20.9. The van der Waals surface area contributed by atoms with Crippen molar-refractivity contribution in [3.8, 4) is 17.5 Å². The molecule has 1 aliphatic heterocycles. The van der Waals surface area contributed by atoms with Crippen LogP contribution in [0, 0.1) is 12.8 Å². The molecule has 0 bridgehead atoms. The summed E-state index contributed by atoms with van der Waals surface area (Å²) >= 11 is 1.52. The van der Waals surface area contributed by atoms with E-state index in [0.717, 1.165) is 23.9 Å². The predicted molar refractivity (Wildman–Crippen MR) is 112 cm³/mol. The van der Waals surface area contributed by atoms with E-state index in [1.807, 2.05) is 12.1 Å². The number of likely N-dealkylation sites (tertiary alicyclic amines) is 1. The van der Waals surface area contributed by atoms with Gasteiger partial charge in [0.25, 0.3) is 0 Å². The molecule has 1 atom stereocenters. The highest BCUT2D eigenvalue weighted by molar-refractivity contribution is 7.17. The first kappa shape index (κ1) is 18.4. The van der Waals surface area contributed by atoms with Crippen LogP contribution < -0.4 is 4.90 Å². The molecule has 7 heteroatoms. The van der Waals surface area contributed by atoms with Crippen molar-refractivity contribution in [2.75, 3.05) is 13.1 Å². The smallest absolute Gasteiger partial charge is 0.235 e. The van der Waals surface area contributed by atoms with Gasteiger partial charge in [0.1, 0.15) is 4.88 Å². The van der Waals surface area contributed by atoms with Gasteiger partial charge in [0.05, 0.1) is 19.4 Å². The quantitative estimate of drug-likeness (QED) is 0.542. The number of hydrogen-bond acceptors (Lipinski definition) is 5. The standard InChI is InChI=1S/C22H24N4O2S/c1-14-8-10-25(11-9-14)18(16-6-3-5-15(2)13-16)19-21(27)26-22(29-19)23-20(24-26)17-7-4-12-28-17/h3-7,12-14,18,27H,8-11H2,1-2H3/p+1/t18-/m1/s1. The van der Waals surface area contributed by atoms with Gasteiger partial charge >= 0.3 is 0 Å². The molecule has 150 valence electrons. The fraction of sp³-hybridized carbons (Fsp3) is 0.364. The van der Waals surface area contributed by atoms with Crippen molar-refractivity contribution in [1.82, 2.24) is 14.6 Å². The minimum absolute atomic E-state index is 0.0861. The molecule has 5 rings (SSSR count). The third kappa shape index (κ3) is 3.34. The Morgan fingerprint density at radius 3 is 2.76 bits per heavy atom. The molecule has 0 spiro atoms. The summed E-state index contributed by atoms with van der Waals surface area (Å²) in [6.07, 6.45) is 4.02. The van der Waals surface area contributed by atoms with Crippen LogP contribution in [-0.4, -0.2) is 32.8 Å². The Morgan fingerprint density at radius 2 is 2.07 bits per heavy atom. The molecule has 1 aromatic carbocycles. The molecule has 0 aliphatic carbocycles. The van der Waals surface area contributed by atoms with Gasteiger partial charge in [-0.15, -0.1) is 5.10 Å². The van der Waals surface area contributed by atoms with Gasteiger partial charge in [-0.25, -0.2) is 0 Å². The van der Waals surface area contributed by atoms with Crippen LogP contribution >= 0.6 is 11.3 Å². The summed E-state index contributed by atoms with van der Waals surface area (Å²) in [6, 6.07) is 12.4. The van der Waals surface area contributed by atoms with Gasteiger partial charge in [-0.2, -0.15) is 9.50 Å². The summed E-state index contributed by atoms with van der Waals surface area (Å²) in [4.78, 5) is 7.71. The molecule has 0 unspecified atom stereocenters. The van der Waals surface area contributed by atoms with Gasteiger partial charge in [-0.1, -0.05) is 42.0 Å². The fourth-order valence-electron chi connectivity index (χ4n) is 4.29. The second-order valence-corrected chi connectivity index (χ2v) is 9.09. The number of fused-ring (bicyclic) bond motifs is 1. The third-order valence-corrected chi connectivity index (χ3v) is 6.99. The highest BCUT2D eigenvalue weighted by atomic mass is 32.1. The first-order valence-corrected chi connectivity index (χ1v) is 10.9. The van der Waals surface area contributed by atoms with E-state index >= 15 is 0 Å². The summed E-state index contributed by atoms with van der Waals surface area (Å²) in [7, 11) is 0. The van der Waals surface area contributed by atoms with Gasteiger partial charge in [-0.3, -0.25) is 0 Å². The number of rotatable bonds is 4. The average Bonchev–Trinajstić information content (AvgIpc) is 3.43. The Hall–Kier alpha value is -2.64. The van der Waals surface area contributed by atoms with Crippen molar-refractivity contribution < 1.29 is 14.4 Å². The Kier molecular flexibility index (Phi) is 4.64. The maximum absolute atomic E-state index is 11.1. The number of nitrogens with one attached hydrogen (secondary N) is 1. The summed E-state index contributed by atoms with van der Waals surface area (Å²) < 4.78 is 6.95. The van der Waals surface area contributed by atoms with Crippen LogP contribution in [0.25, 0.3) is 16.5 Å². The number of quaternary nitrogens is 1. The molecule has 0 saturated carbocycles. The molecule has 6 nitrogen and oxygen atoms in total. The van der Waals surface area contributed by atoms with Crippen LogP contribution in [-0.2, 0) is 0 Å². The van der Waals surface area contributed by atoms with Crippen molar-refractivity contribution in [2.45, 2.75) is 32.7 Å². The molecule has 0 amide bonds. The number of aryl methyl sites for hydroxylation is 1. The Bertz CT molecular complexity index is 1120. The first-order valence-electron chi connectivity index (χ1n) is 10.1. The number of piperidine rings is 1. The Morgan fingerprint density at radius 1 is 1.24 bits per heavy atom. The Labute approximate surface area is 173 Å². The predicted octanol–water partition coefficient (Wildman–Crippen LogP) is 3.47. The van der Waals surface area contributed by atoms with E-state index in [1.54, 1.807) is 10.8 Å². The number of benzene rings is 1. The van der Waals surface area contributed by atoms with Gasteiger partial charge < -0.3 is 14.4 Å². The van der Waals surface area contributed by atoms with Gasteiger partial charge in [0.15, 0.2) is 11.8 Å². The van der Waals surface area contributed by atoms with Crippen molar-refractivity contribution in [2.24, 2.45) is 5.92 Å². The van der Waals surface area contributed by atoms with Crippen molar-refractivity contribution in [3.05, 3.63) is 58.7 Å². The number of thiazole rings is 1. The molecule has 2 N–H and O–H groups in total. The maximum atomic E-state index is 11.1. The molecule has 29 heavy (non-hydrogen) atoms. The van der Waals surface area contributed by atoms with Crippen molar-refractivity contribution in [1.29, 1.82) is 0 Å². The fourth-order valence-corrected chi connectivity index (χ4v) is 5.43. The van der Waals surface area contributed by atoms with E-state index in [9.17, 15) is 5.11 Å². The van der Waals surface area contributed by atoms with Crippen molar-refractivity contribution >= 4 is 16.3 Å². The highest BCUT2D eigenvalue weighted by Crippen LogP contribution is 2.36. The zero-order valence-corrected chi connectivity index (χ0v) is 17.4. The number of hydrogen-bond donors (Lipinski definition) is 2. The first-order chi connectivity index (χ1) is 14.1. The van der Waals surface area contributed by atoms with Gasteiger partial charge in [-0.05, 0) is 43.9 Å². The summed E-state index contributed by atoms with van der Waals surface area (Å²) in [6.45, 7) is 6.65. The van der Waals surface area contributed by atoms with Crippen LogP contribution in [0.4, 0.5) is 0 Å². The van der Waals surface area contributed by atoms with E-state index in [0.29, 0.717) is 16.5 Å². The minimum atomic E-state index is 0.0861. The Balaban J connectivity index is 1.59. The molecule has 1 saturated heterocycles. The van der Waals surface area contributed by atoms with Crippen LogP contribution in [0.3, 0.4) is 0 Å². The second kappa shape index (κ2) is 7.31. The molecular weight excluding hydrogens is 384 g/mol. The number of aromatic hydroxyl groups is 1. The monoisotopic (exact) mass is 409 g/mol. The van der Waals surface area contributed by atoms with Crippen molar-refractivity contribution in [3.63, 3.8) is 0 Å². The lowest BCUT2D eigenvalue weighted by Crippen LogP contribution is -3.13. The maximum Gasteiger partial charge on any atom is 0.235 e. The average molecular weight is 410 g/mol. The number of furan rings is 1. The van der Waals surface area contributed by atoms with E-state index in [1.165, 1.54) is 40.2 Å². The lowest BCUT2D eigenvalue weighted by molar-refractivity contribution is -0.931. The molecular formula is C22H25N4O2S+. The minimum Gasteiger partial charge on any atom is -0.492 e. The molecule has 0 radical (unpaired) electrons. The number of aromatic nitrogens is 3. The number of nitrogens with zero attached hydrogens (tertiary/aromatic N) is 3. The molecule has 4 heterocycles. The van der Waals surface area contributed by atoms with E-state index in [2.05, 4.69) is 48.2 Å². The molecule has 1 fully saturated rings. The van der Waals surface area contributed by atoms with E-state index in [4.69, 9.17) is 4.42 Å². The zero-order valence-electron chi connectivity index (χ0n) is 16.6. The summed E-state index contributed by atoms with van der Waals surface area (Å²) in [5, 5.41) is 15.6. The van der Waals surface area contributed by atoms with Gasteiger partial charge in [0, 0.05) is 5.56 Å². The van der Waals surface area contributed by atoms with Crippen LogP contribution in [0.2, 0.25) is 0 Å². The molecule has 1 aliphatic rings. The largest absolute Gasteiger partial charge is 0.492 e. The zero-order chi connectivity index (χ0) is 20.0. The summed E-state index contributed by atoms with van der Waals surface area (Å²) in [5.41, 5.74) is 2.47. The third-order valence-electron chi connectivity index (χ3n) is 5.90. The van der Waals surface area contributed by atoms with Crippen LogP contribution in [0.1, 0.15) is 41.8 Å². The summed E-state index contributed by atoms with van der Waals surface area (Å²) in [5.74, 6) is 2.05. The lowest BCUT2D eigenvalue weighted by atomic mass is 9.94. The topological polar surface area (TPSA) is 68.0 Å². The second-order valence-electron chi connectivity index (χ2n) is 8.08. The van der Waals surface area contributed by atoms with Gasteiger partial charge in [0.2, 0.25) is 16.7 Å². The lowest BCUT2D eigenvalue weighted by Gasteiger charge is -2.33. The van der Waals surface area contributed by atoms with Crippen LogP contribution in [0.15, 0.2) is 47.1 Å². The van der Waals surface area contributed by atoms with Crippen LogP contribution in [0.5, 0.6) is 5.88 Å².